The van der Waals surface area contributed by atoms with Crippen LogP contribution in [0.25, 0.3) is 0 Å². The van der Waals surface area contributed by atoms with Crippen LogP contribution in [0.3, 0.4) is 0 Å². The molecule has 1 nitrogen and oxygen atoms in total. The van der Waals surface area contributed by atoms with Crippen LogP contribution in [0, 0.1) is 17.6 Å². The Balaban J connectivity index is 1.77. The Morgan fingerprint density at radius 3 is 2.76 bits per heavy atom. The summed E-state index contributed by atoms with van der Waals surface area (Å²) in [6.07, 6.45) is 4.30. The molecule has 1 aliphatic rings. The minimum Gasteiger partial charge on any atom is -0.314 e. The summed E-state index contributed by atoms with van der Waals surface area (Å²) in [5.74, 6) is -0.512. The largest absolute Gasteiger partial charge is 0.314 e. The van der Waals surface area contributed by atoms with Crippen molar-refractivity contribution < 1.29 is 8.78 Å². The summed E-state index contributed by atoms with van der Waals surface area (Å²) >= 11 is 0. The monoisotopic (exact) mass is 239 g/mol. The number of hydrogen-bond donors (Lipinski definition) is 1. The predicted molar refractivity (Wildman–Crippen MR) is 64.9 cm³/mol. The van der Waals surface area contributed by atoms with Crippen molar-refractivity contribution in [2.24, 2.45) is 5.92 Å². The van der Waals surface area contributed by atoms with E-state index in [2.05, 4.69) is 12.2 Å². The van der Waals surface area contributed by atoms with Gasteiger partial charge in [0.1, 0.15) is 11.6 Å². The zero-order valence-corrected chi connectivity index (χ0v) is 10.2. The molecule has 1 unspecified atom stereocenters. The maximum Gasteiger partial charge on any atom is 0.129 e. The van der Waals surface area contributed by atoms with Gasteiger partial charge in [-0.15, -0.1) is 0 Å². The molecule has 0 saturated heterocycles. The Labute approximate surface area is 101 Å². The molecule has 3 heteroatoms. The van der Waals surface area contributed by atoms with Crippen molar-refractivity contribution in [3.05, 3.63) is 35.4 Å². The van der Waals surface area contributed by atoms with Crippen LogP contribution in [0.2, 0.25) is 0 Å². The summed E-state index contributed by atoms with van der Waals surface area (Å²) in [5, 5.41) is 3.44. The standard InChI is InChI=1S/C14H19F2N/c1-10(6-7-17-13-4-5-13)8-11-2-3-12(15)9-14(11)16/h2-3,9-10,13,17H,4-8H2,1H3. The SMILES string of the molecule is CC(CCNC1CC1)Cc1ccc(F)cc1F. The molecule has 2 rings (SSSR count). The summed E-state index contributed by atoms with van der Waals surface area (Å²) in [7, 11) is 0. The van der Waals surface area contributed by atoms with E-state index >= 15 is 0 Å². The lowest BCUT2D eigenvalue weighted by Gasteiger charge is -2.12. The number of nitrogens with one attached hydrogen (secondary N) is 1. The fourth-order valence-electron chi connectivity index (χ4n) is 1.99. The van der Waals surface area contributed by atoms with E-state index in [1.54, 1.807) is 6.07 Å². The van der Waals surface area contributed by atoms with Gasteiger partial charge in [-0.3, -0.25) is 0 Å². The van der Waals surface area contributed by atoms with Gasteiger partial charge in [0.25, 0.3) is 0 Å². The van der Waals surface area contributed by atoms with E-state index in [-0.39, 0.29) is 0 Å². The van der Waals surface area contributed by atoms with Crippen molar-refractivity contribution in [2.75, 3.05) is 6.54 Å². The molecule has 0 bridgehead atoms. The van der Waals surface area contributed by atoms with E-state index in [0.717, 1.165) is 25.1 Å². The molecule has 1 aliphatic carbocycles. The van der Waals surface area contributed by atoms with E-state index in [1.807, 2.05) is 0 Å². The second kappa shape index (κ2) is 5.58. The van der Waals surface area contributed by atoms with E-state index < -0.39 is 11.6 Å². The lowest BCUT2D eigenvalue weighted by atomic mass is 9.97. The highest BCUT2D eigenvalue weighted by Crippen LogP contribution is 2.20. The molecule has 0 spiro atoms. The molecule has 1 aromatic carbocycles. The van der Waals surface area contributed by atoms with E-state index in [9.17, 15) is 8.78 Å². The normalized spacial score (nSPS) is 17.1. The second-order valence-electron chi connectivity index (χ2n) is 5.06. The Morgan fingerprint density at radius 2 is 2.12 bits per heavy atom. The molecule has 0 radical (unpaired) electrons. The predicted octanol–water partition coefficient (Wildman–Crippen LogP) is 3.29. The van der Waals surface area contributed by atoms with Crippen LogP contribution in [-0.2, 0) is 6.42 Å². The number of halogens is 2. The van der Waals surface area contributed by atoms with E-state index in [4.69, 9.17) is 0 Å². The van der Waals surface area contributed by atoms with Crippen molar-refractivity contribution in [3.63, 3.8) is 0 Å². The fraction of sp³-hybridized carbons (Fsp3) is 0.571. The first kappa shape index (κ1) is 12.5. The molecule has 1 N–H and O–H groups in total. The van der Waals surface area contributed by atoms with Gasteiger partial charge >= 0.3 is 0 Å². The minimum absolute atomic E-state index is 0.418. The second-order valence-corrected chi connectivity index (χ2v) is 5.06. The lowest BCUT2D eigenvalue weighted by molar-refractivity contribution is 0.482. The molecule has 94 valence electrons. The lowest BCUT2D eigenvalue weighted by Crippen LogP contribution is -2.20. The zero-order valence-electron chi connectivity index (χ0n) is 10.2. The highest BCUT2D eigenvalue weighted by molar-refractivity contribution is 5.18. The van der Waals surface area contributed by atoms with Gasteiger partial charge in [-0.2, -0.15) is 0 Å². The van der Waals surface area contributed by atoms with Gasteiger partial charge in [0.15, 0.2) is 0 Å². The number of benzene rings is 1. The van der Waals surface area contributed by atoms with Crippen LogP contribution in [0.1, 0.15) is 31.7 Å². The van der Waals surface area contributed by atoms with Gasteiger partial charge in [-0.25, -0.2) is 8.78 Å². The Bertz CT molecular complexity index is 374. The molecule has 0 aromatic heterocycles. The molecule has 0 aliphatic heterocycles. The summed E-state index contributed by atoms with van der Waals surface area (Å²) in [6.45, 7) is 3.10. The van der Waals surface area contributed by atoms with Crippen LogP contribution in [0.4, 0.5) is 8.78 Å². The fourth-order valence-corrected chi connectivity index (χ4v) is 1.99. The molecule has 1 atom stereocenters. The molecular weight excluding hydrogens is 220 g/mol. The Hall–Kier alpha value is -0.960. The number of hydrogen-bond acceptors (Lipinski definition) is 1. The van der Waals surface area contributed by atoms with Gasteiger partial charge in [0.2, 0.25) is 0 Å². The van der Waals surface area contributed by atoms with E-state index in [0.29, 0.717) is 17.9 Å². The summed E-state index contributed by atoms with van der Waals surface area (Å²) < 4.78 is 26.1. The summed E-state index contributed by atoms with van der Waals surface area (Å²) in [6, 6.07) is 4.57. The molecule has 0 heterocycles. The molecule has 1 aromatic rings. The van der Waals surface area contributed by atoms with E-state index in [1.165, 1.54) is 18.9 Å². The van der Waals surface area contributed by atoms with Crippen LogP contribution < -0.4 is 5.32 Å². The van der Waals surface area contributed by atoms with Crippen molar-refractivity contribution in [1.82, 2.24) is 5.32 Å². The molecular formula is C14H19F2N. The molecule has 17 heavy (non-hydrogen) atoms. The van der Waals surface area contributed by atoms with Crippen molar-refractivity contribution in [2.45, 2.75) is 38.6 Å². The Morgan fingerprint density at radius 1 is 1.35 bits per heavy atom. The van der Waals surface area contributed by atoms with Gasteiger partial charge in [0.05, 0.1) is 0 Å². The minimum atomic E-state index is -0.505. The van der Waals surface area contributed by atoms with Gasteiger partial charge < -0.3 is 5.32 Å². The topological polar surface area (TPSA) is 12.0 Å². The maximum absolute atomic E-state index is 13.4. The van der Waals surface area contributed by atoms with Crippen molar-refractivity contribution in [3.8, 4) is 0 Å². The molecule has 1 fully saturated rings. The number of rotatable bonds is 6. The van der Waals surface area contributed by atoms with Crippen LogP contribution >= 0.6 is 0 Å². The zero-order chi connectivity index (χ0) is 12.3. The van der Waals surface area contributed by atoms with Crippen LogP contribution in [-0.4, -0.2) is 12.6 Å². The molecule has 1 saturated carbocycles. The van der Waals surface area contributed by atoms with Crippen molar-refractivity contribution >= 4 is 0 Å². The summed E-state index contributed by atoms with van der Waals surface area (Å²) in [4.78, 5) is 0. The van der Waals surface area contributed by atoms with Crippen molar-refractivity contribution in [1.29, 1.82) is 0 Å². The average molecular weight is 239 g/mol. The maximum atomic E-state index is 13.4. The summed E-state index contributed by atoms with van der Waals surface area (Å²) in [5.41, 5.74) is 0.616. The quantitative estimate of drug-likeness (QED) is 0.803. The first-order chi connectivity index (χ1) is 8.15. The smallest absolute Gasteiger partial charge is 0.129 e. The first-order valence-corrected chi connectivity index (χ1v) is 6.32. The Kier molecular flexibility index (Phi) is 4.11. The molecule has 0 amide bonds. The van der Waals surface area contributed by atoms with Crippen LogP contribution in [0.15, 0.2) is 18.2 Å². The van der Waals surface area contributed by atoms with Crippen LogP contribution in [0.5, 0.6) is 0 Å². The van der Waals surface area contributed by atoms with Gasteiger partial charge in [-0.05, 0) is 49.8 Å². The third-order valence-corrected chi connectivity index (χ3v) is 3.23. The highest BCUT2D eigenvalue weighted by Gasteiger charge is 2.20. The van der Waals surface area contributed by atoms with Gasteiger partial charge in [0, 0.05) is 12.1 Å². The first-order valence-electron chi connectivity index (χ1n) is 6.32. The third kappa shape index (κ3) is 4.08. The third-order valence-electron chi connectivity index (χ3n) is 3.23. The average Bonchev–Trinajstić information content (AvgIpc) is 3.06. The highest BCUT2D eigenvalue weighted by atomic mass is 19.1. The van der Waals surface area contributed by atoms with Gasteiger partial charge in [-0.1, -0.05) is 13.0 Å².